The molecule has 2 heterocycles. The van der Waals surface area contributed by atoms with Gasteiger partial charge in [-0.2, -0.15) is 5.26 Å². The number of fused-ring (bicyclic) bond motifs is 1. The fourth-order valence-electron chi connectivity index (χ4n) is 3.53. The van der Waals surface area contributed by atoms with Gasteiger partial charge in [-0.1, -0.05) is 6.42 Å². The number of rotatable bonds is 5. The van der Waals surface area contributed by atoms with Crippen molar-refractivity contribution in [3.05, 3.63) is 29.8 Å². The van der Waals surface area contributed by atoms with Gasteiger partial charge in [0, 0.05) is 32.2 Å². The first kappa shape index (κ1) is 15.3. The Labute approximate surface area is 133 Å². The van der Waals surface area contributed by atoms with Gasteiger partial charge in [-0.15, -0.1) is 0 Å². The second-order valence-corrected chi connectivity index (χ2v) is 6.32. The summed E-state index contributed by atoms with van der Waals surface area (Å²) in [5, 5.41) is 8.77. The average molecular weight is 299 g/mol. The molecule has 0 aliphatic carbocycles. The van der Waals surface area contributed by atoms with Gasteiger partial charge in [0.05, 0.1) is 18.2 Å². The zero-order valence-corrected chi connectivity index (χ0v) is 13.2. The fourth-order valence-corrected chi connectivity index (χ4v) is 3.53. The minimum absolute atomic E-state index is 0.678. The normalized spacial score (nSPS) is 22.8. The highest BCUT2D eigenvalue weighted by Gasteiger charge is 2.28. The van der Waals surface area contributed by atoms with Crippen molar-refractivity contribution in [2.75, 3.05) is 39.3 Å². The fraction of sp³-hybridized carbons (Fsp3) is 0.611. The molecule has 3 rings (SSSR count). The lowest BCUT2D eigenvalue weighted by Gasteiger charge is -2.44. The van der Waals surface area contributed by atoms with Crippen LogP contribution in [0.5, 0.6) is 5.75 Å². The molecule has 1 atom stereocenters. The van der Waals surface area contributed by atoms with Gasteiger partial charge >= 0.3 is 0 Å². The van der Waals surface area contributed by atoms with Gasteiger partial charge in [0.2, 0.25) is 0 Å². The number of ether oxygens (including phenoxy) is 1. The van der Waals surface area contributed by atoms with E-state index >= 15 is 0 Å². The molecule has 4 heteroatoms. The van der Waals surface area contributed by atoms with E-state index < -0.39 is 0 Å². The monoisotopic (exact) mass is 299 g/mol. The first-order chi connectivity index (χ1) is 10.8. The Morgan fingerprint density at radius 3 is 2.82 bits per heavy atom. The van der Waals surface area contributed by atoms with Crippen LogP contribution in [0.25, 0.3) is 0 Å². The molecule has 0 radical (unpaired) electrons. The van der Waals surface area contributed by atoms with Crippen LogP contribution in [-0.2, 0) is 0 Å². The Bertz CT molecular complexity index is 508. The van der Waals surface area contributed by atoms with E-state index in [0.717, 1.165) is 31.4 Å². The summed E-state index contributed by atoms with van der Waals surface area (Å²) in [6, 6.07) is 10.3. The van der Waals surface area contributed by atoms with Gasteiger partial charge in [0.15, 0.2) is 0 Å². The summed E-state index contributed by atoms with van der Waals surface area (Å²) in [4.78, 5) is 5.27. The molecule has 2 fully saturated rings. The molecule has 2 aliphatic heterocycles. The summed E-state index contributed by atoms with van der Waals surface area (Å²) in [7, 11) is 0. The molecule has 1 aromatic rings. The van der Waals surface area contributed by atoms with E-state index in [1.807, 2.05) is 12.1 Å². The molecule has 4 nitrogen and oxygen atoms in total. The summed E-state index contributed by atoms with van der Waals surface area (Å²) < 4.78 is 5.76. The molecule has 0 amide bonds. The number of piperidine rings is 1. The van der Waals surface area contributed by atoms with Crippen LogP contribution in [0.1, 0.15) is 31.2 Å². The van der Waals surface area contributed by atoms with E-state index in [2.05, 4.69) is 15.9 Å². The van der Waals surface area contributed by atoms with Gasteiger partial charge in [-0.05, 0) is 50.1 Å². The number of hydrogen-bond donors (Lipinski definition) is 0. The van der Waals surface area contributed by atoms with E-state index in [-0.39, 0.29) is 0 Å². The Morgan fingerprint density at radius 1 is 1.14 bits per heavy atom. The highest BCUT2D eigenvalue weighted by Crippen LogP contribution is 2.21. The number of piperazine rings is 1. The smallest absolute Gasteiger partial charge is 0.119 e. The summed E-state index contributed by atoms with van der Waals surface area (Å²) in [5.41, 5.74) is 0.678. The number of benzene rings is 1. The second-order valence-electron chi connectivity index (χ2n) is 6.32. The molecule has 0 aromatic heterocycles. The Balaban J connectivity index is 1.35. The van der Waals surface area contributed by atoms with Gasteiger partial charge in [-0.25, -0.2) is 0 Å². The highest BCUT2D eigenvalue weighted by molar-refractivity contribution is 5.34. The average Bonchev–Trinajstić information content (AvgIpc) is 2.59. The van der Waals surface area contributed by atoms with Crippen molar-refractivity contribution < 1.29 is 4.74 Å². The van der Waals surface area contributed by atoms with Crippen LogP contribution in [0, 0.1) is 11.3 Å². The maximum atomic E-state index is 8.77. The third-order valence-electron chi connectivity index (χ3n) is 4.79. The van der Waals surface area contributed by atoms with Crippen LogP contribution in [0.4, 0.5) is 0 Å². The lowest BCUT2D eigenvalue weighted by molar-refractivity contribution is 0.0471. The number of nitrogens with zero attached hydrogens (tertiary/aromatic N) is 3. The predicted molar refractivity (Wildman–Crippen MR) is 86.9 cm³/mol. The maximum absolute atomic E-state index is 8.77. The summed E-state index contributed by atoms with van der Waals surface area (Å²) in [5.74, 6) is 0.857. The molecule has 1 unspecified atom stereocenters. The topological polar surface area (TPSA) is 39.5 Å². The van der Waals surface area contributed by atoms with Crippen molar-refractivity contribution in [1.82, 2.24) is 9.80 Å². The van der Waals surface area contributed by atoms with Crippen LogP contribution in [0.2, 0.25) is 0 Å². The second kappa shape index (κ2) is 7.62. The third kappa shape index (κ3) is 4.00. The lowest BCUT2D eigenvalue weighted by Crippen LogP contribution is -2.54. The van der Waals surface area contributed by atoms with Gasteiger partial charge < -0.3 is 9.64 Å². The zero-order valence-electron chi connectivity index (χ0n) is 13.2. The molecule has 0 bridgehead atoms. The Morgan fingerprint density at radius 2 is 2.00 bits per heavy atom. The van der Waals surface area contributed by atoms with E-state index in [0.29, 0.717) is 5.56 Å². The van der Waals surface area contributed by atoms with Gasteiger partial charge in [-0.3, -0.25) is 4.90 Å². The van der Waals surface area contributed by atoms with Crippen LogP contribution in [-0.4, -0.2) is 55.2 Å². The highest BCUT2D eigenvalue weighted by atomic mass is 16.5. The third-order valence-corrected chi connectivity index (χ3v) is 4.79. The Kier molecular flexibility index (Phi) is 5.31. The van der Waals surface area contributed by atoms with Crippen molar-refractivity contribution in [3.8, 4) is 11.8 Å². The Hall–Kier alpha value is -1.57. The summed E-state index contributed by atoms with van der Waals surface area (Å²) >= 11 is 0. The standard InChI is InChI=1S/C18H25N3O/c19-14-16-5-7-18(8-6-16)22-13-3-9-20-11-12-21-10-2-1-4-17(21)15-20/h5-8,17H,1-4,9-13,15H2. The molecule has 2 saturated heterocycles. The molecular formula is C18H25N3O. The van der Waals surface area contributed by atoms with Crippen molar-refractivity contribution in [2.45, 2.75) is 31.7 Å². The minimum Gasteiger partial charge on any atom is -0.494 e. The molecule has 0 spiro atoms. The van der Waals surface area contributed by atoms with E-state index in [1.54, 1.807) is 12.1 Å². The number of nitriles is 1. The van der Waals surface area contributed by atoms with E-state index in [4.69, 9.17) is 10.00 Å². The van der Waals surface area contributed by atoms with Crippen molar-refractivity contribution in [3.63, 3.8) is 0 Å². The number of hydrogen-bond acceptors (Lipinski definition) is 4. The molecule has 0 N–H and O–H groups in total. The molecule has 22 heavy (non-hydrogen) atoms. The molecule has 118 valence electrons. The molecule has 2 aliphatic rings. The van der Waals surface area contributed by atoms with Crippen molar-refractivity contribution in [1.29, 1.82) is 5.26 Å². The van der Waals surface area contributed by atoms with Crippen LogP contribution in [0.3, 0.4) is 0 Å². The van der Waals surface area contributed by atoms with Crippen LogP contribution < -0.4 is 4.74 Å². The zero-order chi connectivity index (χ0) is 15.2. The molecule has 0 saturated carbocycles. The van der Waals surface area contributed by atoms with Gasteiger partial charge in [0.1, 0.15) is 5.75 Å². The molecular weight excluding hydrogens is 274 g/mol. The first-order valence-electron chi connectivity index (χ1n) is 8.44. The van der Waals surface area contributed by atoms with Crippen molar-refractivity contribution in [2.24, 2.45) is 0 Å². The van der Waals surface area contributed by atoms with Crippen molar-refractivity contribution >= 4 is 0 Å². The maximum Gasteiger partial charge on any atom is 0.119 e. The van der Waals surface area contributed by atoms with E-state index in [1.165, 1.54) is 45.4 Å². The first-order valence-corrected chi connectivity index (χ1v) is 8.44. The lowest BCUT2D eigenvalue weighted by atomic mass is 9.99. The largest absolute Gasteiger partial charge is 0.494 e. The van der Waals surface area contributed by atoms with Crippen LogP contribution >= 0.6 is 0 Å². The summed E-state index contributed by atoms with van der Waals surface area (Å²) in [6.07, 6.45) is 5.22. The van der Waals surface area contributed by atoms with Gasteiger partial charge in [0.25, 0.3) is 0 Å². The predicted octanol–water partition coefficient (Wildman–Crippen LogP) is 2.50. The SMILES string of the molecule is N#Cc1ccc(OCCCN2CCN3CCCCC3C2)cc1. The minimum atomic E-state index is 0.678. The molecule has 1 aromatic carbocycles. The van der Waals surface area contributed by atoms with Crippen LogP contribution in [0.15, 0.2) is 24.3 Å². The summed E-state index contributed by atoms with van der Waals surface area (Å²) in [6.45, 7) is 6.85. The van der Waals surface area contributed by atoms with E-state index in [9.17, 15) is 0 Å². The quantitative estimate of drug-likeness (QED) is 0.783.